The van der Waals surface area contributed by atoms with Gasteiger partial charge in [-0.25, -0.2) is 0 Å². The Labute approximate surface area is 145 Å². The summed E-state index contributed by atoms with van der Waals surface area (Å²) < 4.78 is 0. The van der Waals surface area contributed by atoms with E-state index >= 15 is 0 Å². The van der Waals surface area contributed by atoms with Crippen LogP contribution in [0.4, 0.5) is 0 Å². The van der Waals surface area contributed by atoms with E-state index in [1.807, 2.05) is 0 Å². The van der Waals surface area contributed by atoms with Crippen molar-refractivity contribution in [1.29, 1.82) is 0 Å². The number of quaternary nitrogens is 1. The molecule has 0 saturated carbocycles. The fourth-order valence-corrected chi connectivity index (χ4v) is 4.47. The van der Waals surface area contributed by atoms with E-state index < -0.39 is 5.60 Å². The first-order chi connectivity index (χ1) is 11.6. The molecule has 5 atom stereocenters. The van der Waals surface area contributed by atoms with Crippen molar-refractivity contribution in [1.82, 2.24) is 0 Å². The quantitative estimate of drug-likeness (QED) is 0.880. The minimum atomic E-state index is -0.675. The summed E-state index contributed by atoms with van der Waals surface area (Å²) in [6, 6.07) is 21.9. The molecule has 0 amide bonds. The summed E-state index contributed by atoms with van der Waals surface area (Å²) in [6.07, 6.45) is 2.15. The van der Waals surface area contributed by atoms with Gasteiger partial charge in [-0.2, -0.15) is 0 Å². The molecule has 3 N–H and O–H groups in total. The van der Waals surface area contributed by atoms with E-state index in [0.717, 1.165) is 12.8 Å². The van der Waals surface area contributed by atoms with E-state index in [2.05, 4.69) is 86.8 Å². The molecule has 0 aromatic heterocycles. The number of aliphatic hydroxyl groups is 1. The maximum Gasteiger partial charge on any atom is 0.118 e. The lowest BCUT2D eigenvalue weighted by molar-refractivity contribution is -0.764. The summed E-state index contributed by atoms with van der Waals surface area (Å²) in [6.45, 7) is 6.47. The molecule has 0 aliphatic carbocycles. The highest BCUT2D eigenvalue weighted by Gasteiger charge is 2.52. The van der Waals surface area contributed by atoms with Gasteiger partial charge in [0.25, 0.3) is 0 Å². The molecule has 0 unspecified atom stereocenters. The molecular formula is C22H30NO+. The number of benzene rings is 2. The minimum Gasteiger partial charge on any atom is -0.389 e. The van der Waals surface area contributed by atoms with Gasteiger partial charge in [-0.1, -0.05) is 80.9 Å². The molecule has 1 aliphatic heterocycles. The zero-order valence-electron chi connectivity index (χ0n) is 15.0. The Kier molecular flexibility index (Phi) is 5.07. The average molecular weight is 324 g/mol. The fraction of sp³-hybridized carbons (Fsp3) is 0.455. The number of piperidine rings is 1. The lowest BCUT2D eigenvalue weighted by Gasteiger charge is -2.49. The van der Waals surface area contributed by atoms with Crippen LogP contribution >= 0.6 is 0 Å². The smallest absolute Gasteiger partial charge is 0.118 e. The molecule has 128 valence electrons. The summed E-state index contributed by atoms with van der Waals surface area (Å²) >= 11 is 0. The number of hydrogen-bond acceptors (Lipinski definition) is 1. The number of hydrogen-bond donors (Lipinski definition) is 2. The Hall–Kier alpha value is -1.64. The summed E-state index contributed by atoms with van der Waals surface area (Å²) in [5.41, 5.74) is 1.95. The van der Waals surface area contributed by atoms with Gasteiger partial charge >= 0.3 is 0 Å². The maximum absolute atomic E-state index is 11.5. The fourth-order valence-electron chi connectivity index (χ4n) is 4.47. The van der Waals surface area contributed by atoms with Crippen molar-refractivity contribution in [3.63, 3.8) is 0 Å². The van der Waals surface area contributed by atoms with Gasteiger partial charge in [0.15, 0.2) is 0 Å². The molecule has 3 rings (SSSR count). The Morgan fingerprint density at radius 1 is 0.917 bits per heavy atom. The molecule has 1 fully saturated rings. The molecule has 0 spiro atoms. The van der Waals surface area contributed by atoms with E-state index in [-0.39, 0.29) is 17.9 Å². The summed E-state index contributed by atoms with van der Waals surface area (Å²) in [4.78, 5) is 0. The van der Waals surface area contributed by atoms with Crippen molar-refractivity contribution >= 4 is 0 Å². The van der Waals surface area contributed by atoms with Gasteiger partial charge in [0, 0.05) is 23.0 Å². The number of nitrogens with two attached hydrogens (primary N) is 1. The van der Waals surface area contributed by atoms with Gasteiger partial charge in [0.2, 0.25) is 0 Å². The zero-order chi connectivity index (χ0) is 17.2. The monoisotopic (exact) mass is 324 g/mol. The van der Waals surface area contributed by atoms with Crippen LogP contribution in [-0.4, -0.2) is 10.7 Å². The van der Waals surface area contributed by atoms with Gasteiger partial charge in [-0.3, -0.25) is 0 Å². The van der Waals surface area contributed by atoms with Crippen LogP contribution in [-0.2, 0) is 0 Å². The molecule has 2 nitrogen and oxygen atoms in total. The number of rotatable bonds is 4. The highest BCUT2D eigenvalue weighted by atomic mass is 16.3. The summed E-state index contributed by atoms with van der Waals surface area (Å²) in [5.74, 6) is 0.469. The molecule has 1 saturated heterocycles. The second-order valence-electron chi connectivity index (χ2n) is 7.48. The van der Waals surface area contributed by atoms with Crippen LogP contribution in [0.25, 0.3) is 0 Å². The van der Waals surface area contributed by atoms with Gasteiger partial charge in [-0.15, -0.1) is 0 Å². The second kappa shape index (κ2) is 7.08. The Balaban J connectivity index is 2.01. The van der Waals surface area contributed by atoms with Crippen molar-refractivity contribution in [2.24, 2.45) is 11.8 Å². The van der Waals surface area contributed by atoms with Gasteiger partial charge < -0.3 is 10.4 Å². The van der Waals surface area contributed by atoms with E-state index in [1.54, 1.807) is 0 Å². The topological polar surface area (TPSA) is 36.8 Å². The SMILES string of the molecule is CCC[C@@H]1[C@H](c2ccccc2)[NH2+][C@H](c2ccccc2)[C@H](C)[C@@]1(C)O. The third kappa shape index (κ3) is 3.13. The van der Waals surface area contributed by atoms with Crippen LogP contribution in [0.15, 0.2) is 60.7 Å². The van der Waals surface area contributed by atoms with Crippen LogP contribution in [0.3, 0.4) is 0 Å². The average Bonchev–Trinajstić information content (AvgIpc) is 2.61. The minimum absolute atomic E-state index is 0.205. The van der Waals surface area contributed by atoms with Gasteiger partial charge in [0.1, 0.15) is 12.1 Å². The predicted molar refractivity (Wildman–Crippen MR) is 98.5 cm³/mol. The second-order valence-corrected chi connectivity index (χ2v) is 7.48. The Bertz CT molecular complexity index is 638. The standard InChI is InChI=1S/C22H29NO/c1-4-11-19-21(18-14-9-6-10-15-18)23-20(16(2)22(19,3)24)17-12-7-5-8-13-17/h5-10,12-16,19-21,23-24H,4,11H2,1-3H3/p+1/t16-,19+,20-,21-,22+/m0/s1. The molecule has 0 bridgehead atoms. The first-order valence-electron chi connectivity index (χ1n) is 9.23. The van der Waals surface area contributed by atoms with Crippen LogP contribution in [0.2, 0.25) is 0 Å². The van der Waals surface area contributed by atoms with E-state index in [0.29, 0.717) is 6.04 Å². The zero-order valence-corrected chi connectivity index (χ0v) is 15.0. The molecule has 2 heteroatoms. The van der Waals surface area contributed by atoms with Crippen molar-refractivity contribution in [2.45, 2.75) is 51.3 Å². The van der Waals surface area contributed by atoms with Crippen LogP contribution in [0, 0.1) is 11.8 Å². The molecule has 0 radical (unpaired) electrons. The largest absolute Gasteiger partial charge is 0.389 e. The van der Waals surface area contributed by atoms with Crippen LogP contribution in [0.5, 0.6) is 0 Å². The van der Waals surface area contributed by atoms with Crippen molar-refractivity contribution in [3.8, 4) is 0 Å². The van der Waals surface area contributed by atoms with Crippen molar-refractivity contribution in [3.05, 3.63) is 71.8 Å². The molecule has 2 aromatic rings. The summed E-state index contributed by atoms with van der Waals surface area (Å²) in [7, 11) is 0. The first kappa shape index (κ1) is 17.2. The third-order valence-electron chi connectivity index (χ3n) is 6.03. The highest BCUT2D eigenvalue weighted by molar-refractivity contribution is 5.23. The first-order valence-corrected chi connectivity index (χ1v) is 9.23. The summed E-state index contributed by atoms with van der Waals surface area (Å²) in [5, 5.41) is 14.0. The van der Waals surface area contributed by atoms with Gasteiger partial charge in [0.05, 0.1) is 5.60 Å². The van der Waals surface area contributed by atoms with Crippen molar-refractivity contribution < 1.29 is 10.4 Å². The Morgan fingerprint density at radius 2 is 1.42 bits per heavy atom. The van der Waals surface area contributed by atoms with Gasteiger partial charge in [-0.05, 0) is 13.3 Å². The molecule has 2 aromatic carbocycles. The lowest BCUT2D eigenvalue weighted by atomic mass is 9.65. The maximum atomic E-state index is 11.5. The molecule has 24 heavy (non-hydrogen) atoms. The third-order valence-corrected chi connectivity index (χ3v) is 6.03. The van der Waals surface area contributed by atoms with Crippen LogP contribution in [0.1, 0.15) is 56.8 Å². The Morgan fingerprint density at radius 3 is 1.92 bits per heavy atom. The van der Waals surface area contributed by atoms with E-state index in [4.69, 9.17) is 0 Å². The van der Waals surface area contributed by atoms with E-state index in [9.17, 15) is 5.11 Å². The normalized spacial score (nSPS) is 33.3. The van der Waals surface area contributed by atoms with Crippen molar-refractivity contribution in [2.75, 3.05) is 0 Å². The highest BCUT2D eigenvalue weighted by Crippen LogP contribution is 2.44. The van der Waals surface area contributed by atoms with E-state index in [1.165, 1.54) is 11.1 Å². The van der Waals surface area contributed by atoms with Crippen LogP contribution < -0.4 is 5.32 Å². The lowest BCUT2D eigenvalue weighted by Crippen LogP contribution is -2.93. The molecular weight excluding hydrogens is 294 g/mol. The predicted octanol–water partition coefficient (Wildman–Crippen LogP) is 3.85. The molecule has 1 heterocycles. The molecule has 1 aliphatic rings.